The zero-order chi connectivity index (χ0) is 25.3. The molecule has 3 aromatic rings. The number of ether oxygens (including phenoxy) is 1. The molecule has 2 N–H and O–H groups in total. The second-order valence-electron chi connectivity index (χ2n) is 10.3. The second-order valence-corrected chi connectivity index (χ2v) is 15.1. The van der Waals surface area contributed by atoms with E-state index in [0.717, 1.165) is 39.7 Å². The van der Waals surface area contributed by atoms with E-state index in [1.807, 2.05) is 39.1 Å². The van der Waals surface area contributed by atoms with Gasteiger partial charge in [0.1, 0.15) is 5.69 Å². The lowest BCUT2D eigenvalue weighted by molar-refractivity contribution is 0.0519. The van der Waals surface area contributed by atoms with Crippen molar-refractivity contribution in [3.05, 3.63) is 40.8 Å². The molecule has 0 saturated carbocycles. The van der Waals surface area contributed by atoms with Gasteiger partial charge in [-0.25, -0.2) is 4.79 Å². The first-order valence-corrected chi connectivity index (χ1v) is 14.9. The Labute approximate surface area is 203 Å². The van der Waals surface area contributed by atoms with Crippen LogP contribution in [-0.4, -0.2) is 47.4 Å². The van der Waals surface area contributed by atoms with Crippen molar-refractivity contribution < 1.29 is 19.1 Å². The van der Waals surface area contributed by atoms with Crippen molar-refractivity contribution in [3.63, 3.8) is 0 Å². The average Bonchev–Trinajstić information content (AvgIpc) is 3.28. The van der Waals surface area contributed by atoms with Crippen LogP contribution in [-0.2, 0) is 29.2 Å². The third-order valence-electron chi connectivity index (χ3n) is 7.09. The fourth-order valence-electron chi connectivity index (χ4n) is 4.05. The van der Waals surface area contributed by atoms with Gasteiger partial charge in [0.25, 0.3) is 0 Å². The van der Waals surface area contributed by atoms with Crippen molar-refractivity contribution in [2.24, 2.45) is 7.05 Å². The Balaban J connectivity index is 2.02. The molecule has 0 bridgehead atoms. The van der Waals surface area contributed by atoms with Crippen molar-refractivity contribution in [2.45, 2.75) is 72.2 Å². The molecule has 0 radical (unpaired) electrons. The monoisotopic (exact) mass is 485 g/mol. The predicted octanol–water partition coefficient (Wildman–Crippen LogP) is 5.50. The highest BCUT2D eigenvalue weighted by molar-refractivity contribution is 6.74. The SMILES string of the molecule is CCOC(=O)c1[nH]c2c(-c3c(CO)nn(C)c3C)cccc2c1CCCO[Si](C)(C)C(C)(C)C. The first-order chi connectivity index (χ1) is 15.9. The number of esters is 1. The van der Waals surface area contributed by atoms with Gasteiger partial charge in [-0.05, 0) is 50.4 Å². The van der Waals surface area contributed by atoms with E-state index < -0.39 is 8.32 Å². The van der Waals surface area contributed by atoms with Crippen molar-refractivity contribution in [2.75, 3.05) is 13.2 Å². The van der Waals surface area contributed by atoms with E-state index in [9.17, 15) is 9.90 Å². The molecule has 7 nitrogen and oxygen atoms in total. The molecule has 0 aliphatic carbocycles. The number of para-hydroxylation sites is 1. The summed E-state index contributed by atoms with van der Waals surface area (Å²) in [5.41, 5.74) is 5.67. The van der Waals surface area contributed by atoms with Gasteiger partial charge in [0.2, 0.25) is 0 Å². The van der Waals surface area contributed by atoms with Gasteiger partial charge < -0.3 is 19.3 Å². The molecule has 0 atom stereocenters. The lowest BCUT2D eigenvalue weighted by Gasteiger charge is -2.36. The molecule has 0 aliphatic rings. The number of H-pyrrole nitrogens is 1. The molecule has 0 fully saturated rings. The number of aromatic amines is 1. The highest BCUT2D eigenvalue weighted by Gasteiger charge is 2.36. The minimum atomic E-state index is -1.83. The zero-order valence-corrected chi connectivity index (χ0v) is 22.8. The molecule has 2 heterocycles. The van der Waals surface area contributed by atoms with Crippen molar-refractivity contribution >= 4 is 25.2 Å². The number of aromatic nitrogens is 3. The first kappa shape index (κ1) is 26.2. The fraction of sp³-hybridized carbons (Fsp3) is 0.538. The Morgan fingerprint density at radius 3 is 2.59 bits per heavy atom. The highest BCUT2D eigenvalue weighted by atomic mass is 28.4. The number of fused-ring (bicyclic) bond motifs is 1. The lowest BCUT2D eigenvalue weighted by atomic mass is 9.98. The van der Waals surface area contributed by atoms with Crippen LogP contribution in [0, 0.1) is 6.92 Å². The molecular weight excluding hydrogens is 446 g/mol. The third-order valence-corrected chi connectivity index (χ3v) is 11.6. The number of rotatable bonds is 9. The maximum atomic E-state index is 12.9. The molecular formula is C26H39N3O4Si. The number of benzene rings is 1. The van der Waals surface area contributed by atoms with Crippen LogP contribution in [0.5, 0.6) is 0 Å². The first-order valence-electron chi connectivity index (χ1n) is 12.0. The fourth-order valence-corrected chi connectivity index (χ4v) is 5.14. The molecule has 0 amide bonds. The van der Waals surface area contributed by atoms with E-state index >= 15 is 0 Å². The summed E-state index contributed by atoms with van der Waals surface area (Å²) >= 11 is 0. The largest absolute Gasteiger partial charge is 0.461 e. The van der Waals surface area contributed by atoms with Crippen LogP contribution in [0.2, 0.25) is 18.1 Å². The summed E-state index contributed by atoms with van der Waals surface area (Å²) in [6.45, 7) is 15.8. The number of aliphatic hydroxyl groups excluding tert-OH is 1. The minimum Gasteiger partial charge on any atom is -0.461 e. The average molecular weight is 486 g/mol. The molecule has 0 unspecified atom stereocenters. The van der Waals surface area contributed by atoms with E-state index in [2.05, 4.69) is 43.9 Å². The summed E-state index contributed by atoms with van der Waals surface area (Å²) in [5.74, 6) is -0.352. The number of nitrogens with one attached hydrogen (secondary N) is 1. The molecule has 0 spiro atoms. The highest BCUT2D eigenvalue weighted by Crippen LogP contribution is 2.38. The van der Waals surface area contributed by atoms with Crippen LogP contribution in [0.1, 0.15) is 61.6 Å². The Bertz CT molecular complexity index is 1170. The van der Waals surface area contributed by atoms with E-state index in [0.29, 0.717) is 31.0 Å². The molecule has 0 saturated heterocycles. The standard InChI is InChI=1S/C26H39N3O4Si/c1-9-32-25(31)24-19(14-11-15-33-34(7,8)26(3,4)5)18-12-10-13-20(23(18)27-24)22-17(2)29(6)28-21(22)16-30/h10,12-13,27,30H,9,11,14-16H2,1-8H3. The molecule has 3 rings (SSSR count). The molecule has 186 valence electrons. The van der Waals surface area contributed by atoms with Crippen molar-refractivity contribution in [3.8, 4) is 11.1 Å². The third kappa shape index (κ3) is 4.99. The van der Waals surface area contributed by atoms with Crippen LogP contribution < -0.4 is 0 Å². The van der Waals surface area contributed by atoms with E-state index in [-0.39, 0.29) is 17.6 Å². The summed E-state index contributed by atoms with van der Waals surface area (Å²) < 4.78 is 13.5. The van der Waals surface area contributed by atoms with Gasteiger partial charge in [0.15, 0.2) is 8.32 Å². The van der Waals surface area contributed by atoms with E-state index in [1.54, 1.807) is 4.68 Å². The maximum Gasteiger partial charge on any atom is 0.355 e. The quantitative estimate of drug-likeness (QED) is 0.237. The number of nitrogens with zero attached hydrogens (tertiary/aromatic N) is 2. The van der Waals surface area contributed by atoms with Gasteiger partial charge in [0, 0.05) is 35.9 Å². The number of hydrogen-bond donors (Lipinski definition) is 2. The Morgan fingerprint density at radius 1 is 1.26 bits per heavy atom. The van der Waals surface area contributed by atoms with Crippen LogP contribution in [0.25, 0.3) is 22.0 Å². The molecule has 34 heavy (non-hydrogen) atoms. The molecule has 8 heteroatoms. The zero-order valence-electron chi connectivity index (χ0n) is 21.8. The summed E-state index contributed by atoms with van der Waals surface area (Å²) in [5, 5.41) is 15.5. The normalized spacial score (nSPS) is 12.5. The van der Waals surface area contributed by atoms with Crippen molar-refractivity contribution in [1.82, 2.24) is 14.8 Å². The Morgan fingerprint density at radius 2 is 1.97 bits per heavy atom. The van der Waals surface area contributed by atoms with Crippen molar-refractivity contribution in [1.29, 1.82) is 0 Å². The van der Waals surface area contributed by atoms with Gasteiger partial charge in [0.05, 0.1) is 24.4 Å². The molecule has 0 aliphatic heterocycles. The minimum absolute atomic E-state index is 0.156. The number of carbonyl (C=O) groups is 1. The lowest BCUT2D eigenvalue weighted by Crippen LogP contribution is -2.41. The van der Waals surface area contributed by atoms with Crippen LogP contribution in [0.15, 0.2) is 18.2 Å². The van der Waals surface area contributed by atoms with Crippen LogP contribution in [0.3, 0.4) is 0 Å². The van der Waals surface area contributed by atoms with Gasteiger partial charge in [-0.1, -0.05) is 39.0 Å². The van der Waals surface area contributed by atoms with Crippen LogP contribution >= 0.6 is 0 Å². The summed E-state index contributed by atoms with van der Waals surface area (Å²) in [4.78, 5) is 16.2. The predicted molar refractivity (Wildman–Crippen MR) is 139 cm³/mol. The number of aliphatic hydroxyl groups is 1. The number of aryl methyl sites for hydroxylation is 2. The van der Waals surface area contributed by atoms with E-state index in [4.69, 9.17) is 9.16 Å². The summed E-state index contributed by atoms with van der Waals surface area (Å²) in [7, 11) is 0.0371. The number of carbonyl (C=O) groups excluding carboxylic acids is 1. The van der Waals surface area contributed by atoms with E-state index in [1.165, 1.54) is 0 Å². The smallest absolute Gasteiger partial charge is 0.355 e. The maximum absolute atomic E-state index is 12.9. The molecule has 2 aromatic heterocycles. The summed E-state index contributed by atoms with van der Waals surface area (Å²) in [6.07, 6.45) is 1.51. The Kier molecular flexibility index (Phi) is 7.74. The van der Waals surface area contributed by atoms with Gasteiger partial charge in [-0.2, -0.15) is 5.10 Å². The van der Waals surface area contributed by atoms with Gasteiger partial charge in [-0.3, -0.25) is 4.68 Å². The van der Waals surface area contributed by atoms with Gasteiger partial charge in [-0.15, -0.1) is 0 Å². The summed E-state index contributed by atoms with van der Waals surface area (Å²) in [6, 6.07) is 6.03. The van der Waals surface area contributed by atoms with Crippen LogP contribution in [0.4, 0.5) is 0 Å². The van der Waals surface area contributed by atoms with Gasteiger partial charge >= 0.3 is 5.97 Å². The number of hydrogen-bond acceptors (Lipinski definition) is 5. The molecule has 1 aromatic carbocycles. The topological polar surface area (TPSA) is 89.4 Å². The second kappa shape index (κ2) is 10.1. The Hall–Kier alpha value is -2.42.